The Balaban J connectivity index is 1.67. The van der Waals surface area contributed by atoms with Gasteiger partial charge in [-0.15, -0.1) is 0 Å². The van der Waals surface area contributed by atoms with Crippen LogP contribution in [0.5, 0.6) is 11.5 Å². The highest BCUT2D eigenvalue weighted by Gasteiger charge is 2.24. The molecule has 3 N–H and O–H groups in total. The van der Waals surface area contributed by atoms with Crippen LogP contribution >= 0.6 is 0 Å². The fraction of sp³-hybridized carbons (Fsp3) is 0.333. The minimum absolute atomic E-state index is 0.0603. The lowest BCUT2D eigenvalue weighted by molar-refractivity contribution is -0.134. The van der Waals surface area contributed by atoms with Gasteiger partial charge in [0.2, 0.25) is 5.91 Å². The first-order chi connectivity index (χ1) is 13.9. The predicted molar refractivity (Wildman–Crippen MR) is 107 cm³/mol. The Morgan fingerprint density at radius 3 is 1.66 bits per heavy atom. The number of carbonyl (C=O) groups excluding carboxylic acids is 1. The fourth-order valence-corrected chi connectivity index (χ4v) is 3.26. The molecule has 0 atom stereocenters. The molecule has 8 nitrogen and oxygen atoms in total. The Labute approximate surface area is 169 Å². The molecule has 0 aliphatic carbocycles. The van der Waals surface area contributed by atoms with Crippen molar-refractivity contribution in [2.45, 2.75) is 13.1 Å². The number of phenols is 2. The van der Waals surface area contributed by atoms with Gasteiger partial charge in [0.15, 0.2) is 0 Å². The molecule has 3 rings (SSSR count). The number of nitrogens with zero attached hydrogens (tertiary/aromatic N) is 3. The molecule has 0 unspecified atom stereocenters. The number of rotatable bonds is 6. The van der Waals surface area contributed by atoms with E-state index in [1.807, 2.05) is 4.90 Å². The minimum Gasteiger partial charge on any atom is -0.508 e. The van der Waals surface area contributed by atoms with Gasteiger partial charge in [-0.3, -0.25) is 9.69 Å². The van der Waals surface area contributed by atoms with Gasteiger partial charge in [0.25, 0.3) is 0 Å². The summed E-state index contributed by atoms with van der Waals surface area (Å²) in [6.07, 6.45) is -0.933. The topological polar surface area (TPSA) is 105 Å². The molecule has 1 fully saturated rings. The first-order valence-electron chi connectivity index (χ1n) is 9.44. The molecule has 1 aliphatic heterocycles. The van der Waals surface area contributed by atoms with Gasteiger partial charge in [-0.1, -0.05) is 24.3 Å². The molecule has 1 heterocycles. The SMILES string of the molecule is O=C(O)N1CCN(CC(=O)N(Cc2ccc(O)cc2)Cc2ccc(O)cc2)CC1. The maximum atomic E-state index is 13.0. The number of hydrogen-bond donors (Lipinski definition) is 3. The van der Waals surface area contributed by atoms with Gasteiger partial charge < -0.3 is 25.1 Å². The van der Waals surface area contributed by atoms with Crippen molar-refractivity contribution in [2.24, 2.45) is 0 Å². The van der Waals surface area contributed by atoms with Crippen molar-refractivity contribution >= 4 is 12.0 Å². The standard InChI is InChI=1S/C21H25N3O5/c25-18-5-1-16(2-6-18)13-24(14-17-3-7-19(26)8-4-17)20(27)15-22-9-11-23(12-10-22)21(28)29/h1-8,25-26H,9-15H2,(H,28,29). The highest BCUT2D eigenvalue weighted by atomic mass is 16.4. The second kappa shape index (κ2) is 9.29. The maximum absolute atomic E-state index is 13.0. The average Bonchev–Trinajstić information content (AvgIpc) is 2.71. The minimum atomic E-state index is -0.933. The van der Waals surface area contributed by atoms with Crippen molar-refractivity contribution in [3.8, 4) is 11.5 Å². The smallest absolute Gasteiger partial charge is 0.407 e. The van der Waals surface area contributed by atoms with Crippen LogP contribution < -0.4 is 0 Å². The Hall–Kier alpha value is -3.26. The first-order valence-corrected chi connectivity index (χ1v) is 9.44. The van der Waals surface area contributed by atoms with Crippen molar-refractivity contribution in [1.82, 2.24) is 14.7 Å². The monoisotopic (exact) mass is 399 g/mol. The lowest BCUT2D eigenvalue weighted by Gasteiger charge is -2.34. The number of carbonyl (C=O) groups is 2. The molecule has 0 radical (unpaired) electrons. The van der Waals surface area contributed by atoms with E-state index in [-0.39, 0.29) is 24.0 Å². The molecule has 8 heteroatoms. The van der Waals surface area contributed by atoms with Crippen LogP contribution in [0.4, 0.5) is 4.79 Å². The second-order valence-corrected chi connectivity index (χ2v) is 7.13. The number of aromatic hydroxyl groups is 2. The Kier molecular flexibility index (Phi) is 6.56. The van der Waals surface area contributed by atoms with E-state index in [2.05, 4.69) is 0 Å². The molecule has 2 aromatic carbocycles. The normalized spacial score (nSPS) is 14.6. The quantitative estimate of drug-likeness (QED) is 0.686. The third-order valence-electron chi connectivity index (χ3n) is 4.97. The number of carboxylic acid groups (broad SMARTS) is 1. The summed E-state index contributed by atoms with van der Waals surface area (Å²) < 4.78 is 0. The summed E-state index contributed by atoms with van der Waals surface area (Å²) in [6, 6.07) is 13.5. The van der Waals surface area contributed by atoms with E-state index < -0.39 is 6.09 Å². The number of benzene rings is 2. The maximum Gasteiger partial charge on any atom is 0.407 e. The van der Waals surface area contributed by atoms with E-state index in [1.165, 1.54) is 4.90 Å². The zero-order valence-corrected chi connectivity index (χ0v) is 16.1. The summed E-state index contributed by atoms with van der Waals surface area (Å²) in [5.74, 6) is 0.276. The van der Waals surface area contributed by atoms with Gasteiger partial charge >= 0.3 is 6.09 Å². The number of hydrogen-bond acceptors (Lipinski definition) is 5. The summed E-state index contributed by atoms with van der Waals surface area (Å²) in [4.78, 5) is 29.1. The van der Waals surface area contributed by atoms with Crippen molar-refractivity contribution in [2.75, 3.05) is 32.7 Å². The van der Waals surface area contributed by atoms with Crippen molar-refractivity contribution in [3.05, 3.63) is 59.7 Å². The van der Waals surface area contributed by atoms with Crippen LogP contribution in [0.25, 0.3) is 0 Å². The van der Waals surface area contributed by atoms with E-state index in [0.29, 0.717) is 39.3 Å². The second-order valence-electron chi connectivity index (χ2n) is 7.13. The van der Waals surface area contributed by atoms with E-state index >= 15 is 0 Å². The zero-order valence-electron chi connectivity index (χ0n) is 16.1. The molecule has 0 bridgehead atoms. The summed E-state index contributed by atoms with van der Waals surface area (Å²) in [5, 5.41) is 28.0. The van der Waals surface area contributed by atoms with Crippen LogP contribution in [0, 0.1) is 0 Å². The van der Waals surface area contributed by atoms with Crippen LogP contribution in [0.2, 0.25) is 0 Å². The number of piperazine rings is 1. The molecule has 2 amide bonds. The molecule has 0 aromatic heterocycles. The summed E-state index contributed by atoms with van der Waals surface area (Å²) in [7, 11) is 0. The van der Waals surface area contributed by atoms with Gasteiger partial charge in [0.05, 0.1) is 6.54 Å². The predicted octanol–water partition coefficient (Wildman–Crippen LogP) is 1.92. The van der Waals surface area contributed by atoms with Crippen molar-refractivity contribution < 1.29 is 24.9 Å². The zero-order chi connectivity index (χ0) is 20.8. The fourth-order valence-electron chi connectivity index (χ4n) is 3.26. The van der Waals surface area contributed by atoms with Crippen molar-refractivity contribution in [3.63, 3.8) is 0 Å². The lowest BCUT2D eigenvalue weighted by atomic mass is 10.1. The number of amides is 2. The van der Waals surface area contributed by atoms with Crippen LogP contribution in [0.15, 0.2) is 48.5 Å². The van der Waals surface area contributed by atoms with Crippen molar-refractivity contribution in [1.29, 1.82) is 0 Å². The third-order valence-corrected chi connectivity index (χ3v) is 4.97. The van der Waals surface area contributed by atoms with Gasteiger partial charge in [-0.2, -0.15) is 0 Å². The molecule has 1 aliphatic rings. The highest BCUT2D eigenvalue weighted by Crippen LogP contribution is 2.16. The summed E-state index contributed by atoms with van der Waals surface area (Å²) in [5.41, 5.74) is 1.79. The van der Waals surface area contributed by atoms with Gasteiger partial charge in [-0.25, -0.2) is 4.79 Å². The van der Waals surface area contributed by atoms with Crippen LogP contribution in [0.1, 0.15) is 11.1 Å². The van der Waals surface area contributed by atoms with E-state index in [9.17, 15) is 19.8 Å². The molecule has 0 saturated carbocycles. The molecule has 154 valence electrons. The third kappa shape index (κ3) is 5.86. The van der Waals surface area contributed by atoms with Gasteiger partial charge in [-0.05, 0) is 35.4 Å². The lowest BCUT2D eigenvalue weighted by Crippen LogP contribution is -2.51. The van der Waals surface area contributed by atoms with E-state index in [1.54, 1.807) is 53.4 Å². The average molecular weight is 399 g/mol. The van der Waals surface area contributed by atoms with E-state index in [4.69, 9.17) is 5.11 Å². The summed E-state index contributed by atoms with van der Waals surface area (Å²) in [6.45, 7) is 2.79. The van der Waals surface area contributed by atoms with Gasteiger partial charge in [0.1, 0.15) is 11.5 Å². The first kappa shape index (κ1) is 20.5. The molecule has 29 heavy (non-hydrogen) atoms. The Morgan fingerprint density at radius 1 is 0.793 bits per heavy atom. The molecule has 2 aromatic rings. The molecular formula is C21H25N3O5. The van der Waals surface area contributed by atoms with E-state index in [0.717, 1.165) is 11.1 Å². The van der Waals surface area contributed by atoms with Gasteiger partial charge in [0, 0.05) is 39.3 Å². The summed E-state index contributed by atoms with van der Waals surface area (Å²) >= 11 is 0. The van der Waals surface area contributed by atoms with Crippen LogP contribution in [-0.2, 0) is 17.9 Å². The Bertz CT molecular complexity index is 783. The van der Waals surface area contributed by atoms with Crippen LogP contribution in [0.3, 0.4) is 0 Å². The van der Waals surface area contributed by atoms with Crippen LogP contribution in [-0.4, -0.2) is 74.7 Å². The highest BCUT2D eigenvalue weighted by molar-refractivity contribution is 5.78. The number of phenolic OH excluding ortho intramolecular Hbond substituents is 2. The Morgan fingerprint density at radius 2 is 1.24 bits per heavy atom. The molecule has 0 spiro atoms. The molecule has 1 saturated heterocycles. The largest absolute Gasteiger partial charge is 0.508 e. The molecular weight excluding hydrogens is 374 g/mol.